The number of carbonyl (C=O) groups is 1. The first-order valence-electron chi connectivity index (χ1n) is 6.63. The van der Waals surface area contributed by atoms with Crippen molar-refractivity contribution in [1.82, 2.24) is 15.1 Å². The Kier molecular flexibility index (Phi) is 3.07. The number of carbonyl (C=O) groups excluding carboxylic acids is 1. The highest BCUT2D eigenvalue weighted by molar-refractivity contribution is 5.94. The average Bonchev–Trinajstić information content (AvgIpc) is 3.07. The molecule has 1 atom stereocenters. The summed E-state index contributed by atoms with van der Waals surface area (Å²) in [6.07, 6.45) is 3.78. The lowest BCUT2D eigenvalue weighted by molar-refractivity contribution is 0.0729. The third-order valence-corrected chi connectivity index (χ3v) is 3.74. The van der Waals surface area contributed by atoms with Gasteiger partial charge in [-0.2, -0.15) is 5.10 Å². The average molecular weight is 255 g/mol. The van der Waals surface area contributed by atoms with Gasteiger partial charge in [-0.05, 0) is 30.9 Å². The van der Waals surface area contributed by atoms with Crippen molar-refractivity contribution in [2.75, 3.05) is 6.54 Å². The van der Waals surface area contributed by atoms with E-state index in [9.17, 15) is 4.79 Å². The van der Waals surface area contributed by atoms with E-state index in [1.165, 1.54) is 5.56 Å². The van der Waals surface area contributed by atoms with Gasteiger partial charge < -0.3 is 4.90 Å². The smallest absolute Gasteiger partial charge is 0.272 e. The number of aromatic amines is 1. The number of hydrogen-bond acceptors (Lipinski definition) is 2. The molecule has 1 aromatic heterocycles. The van der Waals surface area contributed by atoms with Crippen LogP contribution in [0.2, 0.25) is 0 Å². The molecular weight excluding hydrogens is 238 g/mol. The van der Waals surface area contributed by atoms with Gasteiger partial charge in [0.05, 0.1) is 12.2 Å². The molecule has 4 heteroatoms. The van der Waals surface area contributed by atoms with Crippen molar-refractivity contribution in [2.24, 2.45) is 0 Å². The second kappa shape index (κ2) is 4.88. The predicted octanol–water partition coefficient (Wildman–Crippen LogP) is 2.70. The molecule has 2 heterocycles. The Labute approximate surface area is 112 Å². The second-order valence-electron chi connectivity index (χ2n) is 5.00. The molecule has 0 unspecified atom stereocenters. The zero-order chi connectivity index (χ0) is 13.2. The van der Waals surface area contributed by atoms with E-state index in [-0.39, 0.29) is 11.9 Å². The molecule has 0 aliphatic carbocycles. The van der Waals surface area contributed by atoms with Crippen LogP contribution in [0.4, 0.5) is 0 Å². The standard InChI is InChI=1S/C15H17N3O/c1-11-10-16-17-14(11)15(19)18-9-5-8-13(18)12-6-3-2-4-7-12/h2-4,6-7,10,13H,5,8-9H2,1H3,(H,16,17)/t13-/m0/s1. The Hall–Kier alpha value is -2.10. The summed E-state index contributed by atoms with van der Waals surface area (Å²) in [6.45, 7) is 2.72. The highest BCUT2D eigenvalue weighted by Gasteiger charge is 2.31. The van der Waals surface area contributed by atoms with E-state index in [0.717, 1.165) is 24.9 Å². The molecule has 98 valence electrons. The second-order valence-corrected chi connectivity index (χ2v) is 5.00. The summed E-state index contributed by atoms with van der Waals surface area (Å²) in [4.78, 5) is 14.5. The van der Waals surface area contributed by atoms with Crippen LogP contribution in [0.25, 0.3) is 0 Å². The number of nitrogens with one attached hydrogen (secondary N) is 1. The lowest BCUT2D eigenvalue weighted by Gasteiger charge is -2.24. The van der Waals surface area contributed by atoms with Gasteiger partial charge in [-0.15, -0.1) is 0 Å². The summed E-state index contributed by atoms with van der Waals surface area (Å²) >= 11 is 0. The van der Waals surface area contributed by atoms with Crippen LogP contribution >= 0.6 is 0 Å². The minimum atomic E-state index is 0.0568. The van der Waals surface area contributed by atoms with E-state index >= 15 is 0 Å². The van der Waals surface area contributed by atoms with Gasteiger partial charge in [0.2, 0.25) is 0 Å². The predicted molar refractivity (Wildman–Crippen MR) is 72.8 cm³/mol. The Morgan fingerprint density at radius 1 is 1.37 bits per heavy atom. The maximum absolute atomic E-state index is 12.6. The number of amides is 1. The number of likely N-dealkylation sites (tertiary alicyclic amines) is 1. The maximum atomic E-state index is 12.6. The first-order valence-corrected chi connectivity index (χ1v) is 6.63. The van der Waals surface area contributed by atoms with Crippen LogP contribution < -0.4 is 0 Å². The molecule has 4 nitrogen and oxygen atoms in total. The number of hydrogen-bond donors (Lipinski definition) is 1. The van der Waals surface area contributed by atoms with Gasteiger partial charge >= 0.3 is 0 Å². The number of aryl methyl sites for hydroxylation is 1. The minimum absolute atomic E-state index is 0.0568. The first kappa shape index (κ1) is 12.0. The summed E-state index contributed by atoms with van der Waals surface area (Å²) < 4.78 is 0. The number of benzene rings is 1. The van der Waals surface area contributed by atoms with Crippen LogP contribution in [-0.2, 0) is 0 Å². The summed E-state index contributed by atoms with van der Waals surface area (Å²) in [5, 5.41) is 6.75. The lowest BCUT2D eigenvalue weighted by atomic mass is 10.0. The van der Waals surface area contributed by atoms with E-state index in [0.29, 0.717) is 5.69 Å². The van der Waals surface area contributed by atoms with Crippen LogP contribution in [0.3, 0.4) is 0 Å². The molecule has 0 radical (unpaired) electrons. The van der Waals surface area contributed by atoms with Crippen molar-refractivity contribution in [2.45, 2.75) is 25.8 Å². The molecule has 3 rings (SSSR count). The molecule has 0 saturated carbocycles. The molecule has 1 N–H and O–H groups in total. The zero-order valence-corrected chi connectivity index (χ0v) is 11.0. The highest BCUT2D eigenvalue weighted by atomic mass is 16.2. The van der Waals surface area contributed by atoms with E-state index in [2.05, 4.69) is 22.3 Å². The fourth-order valence-corrected chi connectivity index (χ4v) is 2.74. The van der Waals surface area contributed by atoms with Crippen molar-refractivity contribution in [1.29, 1.82) is 0 Å². The molecule has 0 spiro atoms. The fourth-order valence-electron chi connectivity index (χ4n) is 2.74. The van der Waals surface area contributed by atoms with Crippen molar-refractivity contribution in [3.8, 4) is 0 Å². The molecule has 1 aliphatic heterocycles. The molecule has 1 saturated heterocycles. The van der Waals surface area contributed by atoms with E-state index in [1.807, 2.05) is 30.0 Å². The van der Waals surface area contributed by atoms with Crippen molar-refractivity contribution < 1.29 is 4.79 Å². The molecule has 2 aromatic rings. The van der Waals surface area contributed by atoms with Crippen LogP contribution in [0.15, 0.2) is 36.5 Å². The van der Waals surface area contributed by atoms with Gasteiger partial charge in [0.25, 0.3) is 5.91 Å². The Bertz CT molecular complexity index is 576. The topological polar surface area (TPSA) is 49.0 Å². The highest BCUT2D eigenvalue weighted by Crippen LogP contribution is 2.32. The number of aromatic nitrogens is 2. The fraction of sp³-hybridized carbons (Fsp3) is 0.333. The van der Waals surface area contributed by atoms with Gasteiger partial charge in [-0.3, -0.25) is 9.89 Å². The molecule has 1 fully saturated rings. The van der Waals surface area contributed by atoms with Crippen LogP contribution in [0.1, 0.15) is 40.5 Å². The lowest BCUT2D eigenvalue weighted by Crippen LogP contribution is -2.31. The monoisotopic (exact) mass is 255 g/mol. The summed E-state index contributed by atoms with van der Waals surface area (Å²) in [7, 11) is 0. The minimum Gasteiger partial charge on any atom is -0.330 e. The molecule has 1 aliphatic rings. The third kappa shape index (κ3) is 2.14. The Morgan fingerprint density at radius 2 is 2.16 bits per heavy atom. The normalized spacial score (nSPS) is 18.8. The van der Waals surface area contributed by atoms with Gasteiger partial charge in [-0.1, -0.05) is 30.3 Å². The van der Waals surface area contributed by atoms with Crippen LogP contribution in [0, 0.1) is 6.92 Å². The molecule has 1 amide bonds. The van der Waals surface area contributed by atoms with Gasteiger partial charge in [0.15, 0.2) is 0 Å². The van der Waals surface area contributed by atoms with E-state index in [1.54, 1.807) is 6.20 Å². The summed E-state index contributed by atoms with van der Waals surface area (Å²) in [5.74, 6) is 0.0568. The van der Waals surface area contributed by atoms with Gasteiger partial charge in [-0.25, -0.2) is 0 Å². The van der Waals surface area contributed by atoms with E-state index in [4.69, 9.17) is 0 Å². The number of rotatable bonds is 2. The third-order valence-electron chi connectivity index (χ3n) is 3.74. The van der Waals surface area contributed by atoms with Crippen molar-refractivity contribution >= 4 is 5.91 Å². The molecule has 1 aromatic carbocycles. The maximum Gasteiger partial charge on any atom is 0.272 e. The Morgan fingerprint density at radius 3 is 2.84 bits per heavy atom. The van der Waals surface area contributed by atoms with Crippen LogP contribution in [0.5, 0.6) is 0 Å². The molecule has 19 heavy (non-hydrogen) atoms. The summed E-state index contributed by atoms with van der Waals surface area (Å²) in [6, 6.07) is 10.4. The van der Waals surface area contributed by atoms with Crippen molar-refractivity contribution in [3.63, 3.8) is 0 Å². The molecule has 0 bridgehead atoms. The van der Waals surface area contributed by atoms with Gasteiger partial charge in [0.1, 0.15) is 5.69 Å². The quantitative estimate of drug-likeness (QED) is 0.897. The first-order chi connectivity index (χ1) is 9.27. The van der Waals surface area contributed by atoms with Gasteiger partial charge in [0, 0.05) is 6.54 Å². The SMILES string of the molecule is Cc1cn[nH]c1C(=O)N1CCC[C@H]1c1ccccc1. The number of nitrogens with zero attached hydrogens (tertiary/aromatic N) is 2. The molecular formula is C15H17N3O. The summed E-state index contributed by atoms with van der Waals surface area (Å²) in [5.41, 5.74) is 2.73. The van der Waals surface area contributed by atoms with E-state index < -0.39 is 0 Å². The van der Waals surface area contributed by atoms with Crippen molar-refractivity contribution in [3.05, 3.63) is 53.3 Å². The number of H-pyrrole nitrogens is 1. The Balaban J connectivity index is 1.88. The zero-order valence-electron chi connectivity index (χ0n) is 11.0. The largest absolute Gasteiger partial charge is 0.330 e. The van der Waals surface area contributed by atoms with Crippen LogP contribution in [-0.4, -0.2) is 27.5 Å².